The zero-order chi connectivity index (χ0) is 12.7. The van der Waals surface area contributed by atoms with Gasteiger partial charge in [-0.05, 0) is 42.8 Å². The molecule has 2 aromatic carbocycles. The number of nitrogens with two attached hydrogens (primary N) is 1. The Labute approximate surface area is 114 Å². The largest absolute Gasteiger partial charge is 0.398 e. The Kier molecular flexibility index (Phi) is 2.73. The number of nitrogen functional groups attached to an aromatic ring is 1. The molecule has 1 heterocycles. The highest BCUT2D eigenvalue weighted by atomic mass is 35.5. The van der Waals surface area contributed by atoms with Crippen LogP contribution in [0, 0.1) is 6.92 Å². The summed E-state index contributed by atoms with van der Waals surface area (Å²) in [7, 11) is 0. The van der Waals surface area contributed by atoms with Crippen molar-refractivity contribution >= 4 is 38.8 Å². The highest BCUT2D eigenvalue weighted by Crippen LogP contribution is 2.35. The summed E-state index contributed by atoms with van der Waals surface area (Å²) >= 11 is 7.65. The van der Waals surface area contributed by atoms with E-state index >= 15 is 0 Å². The van der Waals surface area contributed by atoms with Crippen LogP contribution in [0.15, 0.2) is 36.4 Å². The number of nitrogens with zero attached hydrogens (tertiary/aromatic N) is 1. The third-order valence-corrected chi connectivity index (χ3v) is 4.08. The zero-order valence-electron chi connectivity index (χ0n) is 9.77. The van der Waals surface area contributed by atoms with Crippen LogP contribution in [0.25, 0.3) is 20.8 Å². The van der Waals surface area contributed by atoms with E-state index in [4.69, 9.17) is 17.3 Å². The van der Waals surface area contributed by atoms with Crippen molar-refractivity contribution < 1.29 is 0 Å². The third kappa shape index (κ3) is 1.96. The summed E-state index contributed by atoms with van der Waals surface area (Å²) in [5.74, 6) is 0. The van der Waals surface area contributed by atoms with Crippen molar-refractivity contribution in [2.24, 2.45) is 0 Å². The average molecular weight is 275 g/mol. The fraction of sp³-hybridized carbons (Fsp3) is 0.0714. The third-order valence-electron chi connectivity index (χ3n) is 2.79. The van der Waals surface area contributed by atoms with Gasteiger partial charge >= 0.3 is 0 Å². The monoisotopic (exact) mass is 274 g/mol. The lowest BCUT2D eigenvalue weighted by Gasteiger charge is -2.01. The maximum atomic E-state index is 6.01. The van der Waals surface area contributed by atoms with Crippen LogP contribution in [0.1, 0.15) is 5.56 Å². The van der Waals surface area contributed by atoms with Gasteiger partial charge in [-0.25, -0.2) is 4.98 Å². The summed E-state index contributed by atoms with van der Waals surface area (Å²) in [6.45, 7) is 2.08. The molecule has 1 aromatic heterocycles. The van der Waals surface area contributed by atoms with Crippen molar-refractivity contribution in [2.75, 3.05) is 5.73 Å². The van der Waals surface area contributed by atoms with E-state index < -0.39 is 0 Å². The Hall–Kier alpha value is -1.58. The van der Waals surface area contributed by atoms with Crippen molar-refractivity contribution in [1.82, 2.24) is 4.98 Å². The number of anilines is 1. The van der Waals surface area contributed by atoms with Crippen LogP contribution in [-0.4, -0.2) is 4.98 Å². The second kappa shape index (κ2) is 4.26. The number of hydrogen-bond donors (Lipinski definition) is 1. The van der Waals surface area contributed by atoms with E-state index in [1.165, 1.54) is 10.3 Å². The smallest absolute Gasteiger partial charge is 0.126 e. The highest BCUT2D eigenvalue weighted by molar-refractivity contribution is 7.21. The van der Waals surface area contributed by atoms with Crippen molar-refractivity contribution in [3.8, 4) is 10.6 Å². The predicted molar refractivity (Wildman–Crippen MR) is 79.2 cm³/mol. The molecule has 0 amide bonds. The number of hydrogen-bond acceptors (Lipinski definition) is 3. The topological polar surface area (TPSA) is 38.9 Å². The van der Waals surface area contributed by atoms with Crippen LogP contribution >= 0.6 is 22.9 Å². The van der Waals surface area contributed by atoms with Crippen molar-refractivity contribution in [2.45, 2.75) is 6.92 Å². The molecule has 0 aliphatic heterocycles. The number of benzene rings is 2. The molecule has 0 atom stereocenters. The number of fused-ring (bicyclic) bond motifs is 1. The van der Waals surface area contributed by atoms with Crippen molar-refractivity contribution in [3.63, 3.8) is 0 Å². The fourth-order valence-electron chi connectivity index (χ4n) is 1.86. The van der Waals surface area contributed by atoms with Gasteiger partial charge in [0.1, 0.15) is 5.01 Å². The Morgan fingerprint density at radius 3 is 2.83 bits per heavy atom. The molecule has 0 unspecified atom stereocenters. The Morgan fingerprint density at radius 2 is 2.00 bits per heavy atom. The van der Waals surface area contributed by atoms with E-state index in [1.807, 2.05) is 18.2 Å². The van der Waals surface area contributed by atoms with Gasteiger partial charge in [0.25, 0.3) is 0 Å². The Morgan fingerprint density at radius 1 is 1.17 bits per heavy atom. The SMILES string of the molecule is Cc1ccc2nc(-c3cc(Cl)ccc3N)sc2c1. The summed E-state index contributed by atoms with van der Waals surface area (Å²) in [6, 6.07) is 11.7. The molecule has 0 aliphatic rings. The second-order valence-corrected chi connectivity index (χ2v) is 5.69. The minimum Gasteiger partial charge on any atom is -0.398 e. The normalized spacial score (nSPS) is 11.0. The number of thiazole rings is 1. The van der Waals surface area contributed by atoms with Crippen molar-refractivity contribution in [1.29, 1.82) is 0 Å². The molecule has 0 radical (unpaired) electrons. The van der Waals surface area contributed by atoms with E-state index in [2.05, 4.69) is 24.0 Å². The zero-order valence-corrected chi connectivity index (χ0v) is 11.3. The molecule has 0 fully saturated rings. The van der Waals surface area contributed by atoms with Gasteiger partial charge in [-0.1, -0.05) is 17.7 Å². The summed E-state index contributed by atoms with van der Waals surface area (Å²) in [5, 5.41) is 1.59. The molecular weight excluding hydrogens is 264 g/mol. The van der Waals surface area contributed by atoms with E-state index in [1.54, 1.807) is 17.4 Å². The lowest BCUT2D eigenvalue weighted by molar-refractivity contribution is 1.45. The van der Waals surface area contributed by atoms with E-state index in [-0.39, 0.29) is 0 Å². The van der Waals surface area contributed by atoms with Gasteiger partial charge in [-0.15, -0.1) is 11.3 Å². The molecule has 0 bridgehead atoms. The van der Waals surface area contributed by atoms with Crippen LogP contribution in [0.3, 0.4) is 0 Å². The first-order chi connectivity index (χ1) is 8.63. The first kappa shape index (κ1) is 11.5. The van der Waals surface area contributed by atoms with Gasteiger partial charge in [0.05, 0.1) is 10.2 Å². The minimum absolute atomic E-state index is 0.676. The second-order valence-electron chi connectivity index (χ2n) is 4.22. The molecule has 0 aliphatic carbocycles. The van der Waals surface area contributed by atoms with Crippen molar-refractivity contribution in [3.05, 3.63) is 47.0 Å². The maximum Gasteiger partial charge on any atom is 0.126 e. The number of rotatable bonds is 1. The van der Waals surface area contributed by atoms with Gasteiger partial charge in [-0.2, -0.15) is 0 Å². The Balaban J connectivity index is 2.22. The standard InChI is InChI=1S/C14H11ClN2S/c1-8-2-5-12-13(6-8)18-14(17-12)10-7-9(15)3-4-11(10)16/h2-7H,16H2,1H3. The Bertz CT molecular complexity index is 734. The molecule has 0 saturated heterocycles. The lowest BCUT2D eigenvalue weighted by Crippen LogP contribution is -1.88. The van der Waals surface area contributed by atoms with Crippen LogP contribution in [-0.2, 0) is 0 Å². The van der Waals surface area contributed by atoms with E-state index in [0.717, 1.165) is 16.1 Å². The lowest BCUT2D eigenvalue weighted by atomic mass is 10.2. The molecule has 90 valence electrons. The van der Waals surface area contributed by atoms with Crippen LogP contribution in [0.4, 0.5) is 5.69 Å². The van der Waals surface area contributed by atoms with Crippen LogP contribution in [0.5, 0.6) is 0 Å². The summed E-state index contributed by atoms with van der Waals surface area (Å²) in [5.41, 5.74) is 9.82. The van der Waals surface area contributed by atoms with Crippen LogP contribution < -0.4 is 5.73 Å². The van der Waals surface area contributed by atoms with Gasteiger partial charge in [0.2, 0.25) is 0 Å². The van der Waals surface area contributed by atoms with Gasteiger partial charge in [0.15, 0.2) is 0 Å². The molecule has 18 heavy (non-hydrogen) atoms. The maximum absolute atomic E-state index is 6.01. The molecule has 4 heteroatoms. The summed E-state index contributed by atoms with van der Waals surface area (Å²) in [6.07, 6.45) is 0. The van der Waals surface area contributed by atoms with E-state index in [9.17, 15) is 0 Å². The summed E-state index contributed by atoms with van der Waals surface area (Å²) in [4.78, 5) is 4.61. The average Bonchev–Trinajstić information content (AvgIpc) is 2.74. The molecule has 0 spiro atoms. The minimum atomic E-state index is 0.676. The molecule has 0 saturated carbocycles. The summed E-state index contributed by atoms with van der Waals surface area (Å²) < 4.78 is 1.17. The highest BCUT2D eigenvalue weighted by Gasteiger charge is 2.09. The number of aryl methyl sites for hydroxylation is 1. The van der Waals surface area contributed by atoms with Gasteiger partial charge in [0, 0.05) is 16.3 Å². The molecular formula is C14H11ClN2S. The first-order valence-corrected chi connectivity index (χ1v) is 6.75. The molecule has 2 N–H and O–H groups in total. The molecule has 3 aromatic rings. The van der Waals surface area contributed by atoms with E-state index in [0.29, 0.717) is 10.7 Å². The number of halogens is 1. The van der Waals surface area contributed by atoms with Gasteiger partial charge in [-0.3, -0.25) is 0 Å². The van der Waals surface area contributed by atoms with Gasteiger partial charge < -0.3 is 5.73 Å². The first-order valence-electron chi connectivity index (χ1n) is 5.56. The fourth-order valence-corrected chi connectivity index (χ4v) is 3.13. The van der Waals surface area contributed by atoms with Crippen LogP contribution in [0.2, 0.25) is 5.02 Å². The molecule has 3 rings (SSSR count). The predicted octanol–water partition coefficient (Wildman–Crippen LogP) is 4.51. The quantitative estimate of drug-likeness (QED) is 0.663. The molecule has 2 nitrogen and oxygen atoms in total. The number of aromatic nitrogens is 1.